The number of hydrogen-bond donors (Lipinski definition) is 2. The molecule has 2 heterocycles. The van der Waals surface area contributed by atoms with Gasteiger partial charge in [-0.15, -0.1) is 0 Å². The van der Waals surface area contributed by atoms with Gasteiger partial charge in [0.05, 0.1) is 29.9 Å². The second-order valence-electron chi connectivity index (χ2n) is 4.33. The summed E-state index contributed by atoms with van der Waals surface area (Å²) in [6, 6.07) is 7.84. The smallest absolute Gasteiger partial charge is 0.120 e. The fourth-order valence-corrected chi connectivity index (χ4v) is 2.27. The molecule has 0 bridgehead atoms. The van der Waals surface area contributed by atoms with E-state index in [4.69, 9.17) is 4.74 Å². The molecule has 4 heteroatoms. The van der Waals surface area contributed by atoms with E-state index in [0.29, 0.717) is 5.69 Å². The first-order valence-electron chi connectivity index (χ1n) is 5.83. The molecule has 0 aliphatic carbocycles. The number of aromatic amines is 1. The molecule has 0 aliphatic heterocycles. The van der Waals surface area contributed by atoms with Crippen LogP contribution in [0.2, 0.25) is 0 Å². The predicted octanol–water partition coefficient (Wildman–Crippen LogP) is 2.78. The number of nitrogens with one attached hydrogen (secondary N) is 1. The minimum absolute atomic E-state index is 0.594. The number of fused-ring (bicyclic) bond motifs is 3. The highest BCUT2D eigenvalue weighted by Gasteiger charge is 2.12. The number of pyridine rings is 1. The summed E-state index contributed by atoms with van der Waals surface area (Å²) in [6.07, 6.45) is 1.13. The van der Waals surface area contributed by atoms with E-state index >= 15 is 0 Å². The van der Waals surface area contributed by atoms with Crippen LogP contribution >= 0.6 is 0 Å². The van der Waals surface area contributed by atoms with Crippen molar-refractivity contribution in [2.24, 2.45) is 0 Å². The lowest BCUT2D eigenvalue weighted by Gasteiger charge is -2.03. The highest BCUT2D eigenvalue weighted by Crippen LogP contribution is 2.30. The normalized spacial score (nSPS) is 13.1. The second-order valence-corrected chi connectivity index (χ2v) is 4.33. The highest BCUT2D eigenvalue weighted by molar-refractivity contribution is 6.08. The van der Waals surface area contributed by atoms with Gasteiger partial charge in [-0.1, -0.05) is 0 Å². The number of rotatable bonds is 2. The Balaban J connectivity index is 2.38. The monoisotopic (exact) mass is 242 g/mol. The van der Waals surface area contributed by atoms with E-state index < -0.39 is 6.10 Å². The molecule has 1 atom stereocenters. The molecule has 0 saturated carbocycles. The summed E-state index contributed by atoms with van der Waals surface area (Å²) in [7, 11) is 1.65. The lowest BCUT2D eigenvalue weighted by molar-refractivity contribution is 0.196. The third-order valence-electron chi connectivity index (χ3n) is 3.15. The number of methoxy groups -OCH3 is 1. The van der Waals surface area contributed by atoms with Gasteiger partial charge in [0.25, 0.3) is 0 Å². The zero-order valence-corrected chi connectivity index (χ0v) is 10.3. The number of aliphatic hydroxyl groups is 1. The average Bonchev–Trinajstić information content (AvgIpc) is 2.75. The molecule has 0 saturated heterocycles. The van der Waals surface area contributed by atoms with E-state index in [0.717, 1.165) is 27.6 Å². The third kappa shape index (κ3) is 1.54. The zero-order chi connectivity index (χ0) is 12.7. The van der Waals surface area contributed by atoms with Gasteiger partial charge in [-0.2, -0.15) is 0 Å². The van der Waals surface area contributed by atoms with Gasteiger partial charge in [0.2, 0.25) is 0 Å². The van der Waals surface area contributed by atoms with Crippen LogP contribution in [-0.4, -0.2) is 22.2 Å². The molecule has 92 valence electrons. The largest absolute Gasteiger partial charge is 0.497 e. The fourth-order valence-electron chi connectivity index (χ4n) is 2.27. The van der Waals surface area contributed by atoms with Gasteiger partial charge in [-0.3, -0.25) is 4.98 Å². The highest BCUT2D eigenvalue weighted by atomic mass is 16.5. The lowest BCUT2D eigenvalue weighted by Crippen LogP contribution is -1.95. The molecule has 1 unspecified atom stereocenters. The van der Waals surface area contributed by atoms with Crippen molar-refractivity contribution in [3.8, 4) is 5.75 Å². The summed E-state index contributed by atoms with van der Waals surface area (Å²) in [5.41, 5.74) is 2.54. The van der Waals surface area contributed by atoms with Gasteiger partial charge in [0, 0.05) is 23.0 Å². The minimum Gasteiger partial charge on any atom is -0.497 e. The van der Waals surface area contributed by atoms with Crippen molar-refractivity contribution >= 4 is 21.8 Å². The molecular formula is C14H14N2O2. The first-order chi connectivity index (χ1) is 8.70. The number of aromatic nitrogens is 2. The van der Waals surface area contributed by atoms with Crippen LogP contribution < -0.4 is 4.74 Å². The van der Waals surface area contributed by atoms with E-state index in [1.807, 2.05) is 24.3 Å². The number of aliphatic hydroxyl groups excluding tert-OH is 1. The SMILES string of the molecule is COc1ccc2c(c1)[nH]c1c(C(C)O)nccc12. The number of hydrogen-bond acceptors (Lipinski definition) is 3. The van der Waals surface area contributed by atoms with E-state index in [1.165, 1.54) is 0 Å². The Morgan fingerprint density at radius 3 is 2.83 bits per heavy atom. The van der Waals surface area contributed by atoms with Crippen LogP contribution in [0.3, 0.4) is 0 Å². The molecule has 2 aromatic heterocycles. The molecule has 0 aliphatic rings. The van der Waals surface area contributed by atoms with Crippen LogP contribution in [-0.2, 0) is 0 Å². The summed E-state index contributed by atoms with van der Waals surface area (Å²) < 4.78 is 5.21. The Bertz CT molecular complexity index is 716. The van der Waals surface area contributed by atoms with Crippen LogP contribution in [0.1, 0.15) is 18.7 Å². The number of benzene rings is 1. The first kappa shape index (κ1) is 11.0. The molecule has 0 amide bonds. The average molecular weight is 242 g/mol. The van der Waals surface area contributed by atoms with Gasteiger partial charge in [-0.05, 0) is 25.1 Å². The van der Waals surface area contributed by atoms with Gasteiger partial charge < -0.3 is 14.8 Å². The Labute approximate surface area is 104 Å². The number of nitrogens with zero attached hydrogens (tertiary/aromatic N) is 1. The molecule has 0 radical (unpaired) electrons. The Morgan fingerprint density at radius 2 is 2.11 bits per heavy atom. The minimum atomic E-state index is -0.594. The Kier molecular flexibility index (Phi) is 2.45. The number of H-pyrrole nitrogens is 1. The van der Waals surface area contributed by atoms with Crippen LogP contribution in [0.25, 0.3) is 21.8 Å². The molecule has 0 spiro atoms. The van der Waals surface area contributed by atoms with Gasteiger partial charge >= 0.3 is 0 Å². The Morgan fingerprint density at radius 1 is 1.28 bits per heavy atom. The van der Waals surface area contributed by atoms with Gasteiger partial charge in [0.15, 0.2) is 0 Å². The maximum Gasteiger partial charge on any atom is 0.120 e. The quantitative estimate of drug-likeness (QED) is 0.726. The molecule has 18 heavy (non-hydrogen) atoms. The van der Waals surface area contributed by atoms with Crippen molar-refractivity contribution in [3.63, 3.8) is 0 Å². The van der Waals surface area contributed by atoms with Crippen molar-refractivity contribution in [2.75, 3.05) is 7.11 Å². The second kappa shape index (κ2) is 3.99. The van der Waals surface area contributed by atoms with E-state index in [2.05, 4.69) is 9.97 Å². The van der Waals surface area contributed by atoms with Crippen LogP contribution in [0.5, 0.6) is 5.75 Å². The molecule has 3 aromatic rings. The maximum atomic E-state index is 9.74. The maximum absolute atomic E-state index is 9.74. The molecule has 4 nitrogen and oxygen atoms in total. The standard InChI is InChI=1S/C14H14N2O2/c1-8(17)13-14-11(5-6-15-13)10-4-3-9(18-2)7-12(10)16-14/h3-8,16-17H,1-2H3. The van der Waals surface area contributed by atoms with E-state index in [-0.39, 0.29) is 0 Å². The van der Waals surface area contributed by atoms with Crippen LogP contribution in [0.15, 0.2) is 30.5 Å². The summed E-state index contributed by atoms with van der Waals surface area (Å²) in [4.78, 5) is 7.53. The molecular weight excluding hydrogens is 228 g/mol. The molecule has 0 fully saturated rings. The van der Waals surface area contributed by atoms with Crippen LogP contribution in [0, 0.1) is 0 Å². The predicted molar refractivity (Wildman–Crippen MR) is 70.8 cm³/mol. The summed E-state index contributed by atoms with van der Waals surface area (Å²) in [5, 5.41) is 11.9. The zero-order valence-electron chi connectivity index (χ0n) is 10.3. The van der Waals surface area contributed by atoms with Gasteiger partial charge in [0.1, 0.15) is 5.75 Å². The summed E-state index contributed by atoms with van der Waals surface area (Å²) in [5.74, 6) is 0.806. The van der Waals surface area contributed by atoms with Crippen molar-refractivity contribution in [3.05, 3.63) is 36.2 Å². The van der Waals surface area contributed by atoms with E-state index in [1.54, 1.807) is 20.2 Å². The lowest BCUT2D eigenvalue weighted by atomic mass is 10.1. The third-order valence-corrected chi connectivity index (χ3v) is 3.15. The van der Waals surface area contributed by atoms with E-state index in [9.17, 15) is 5.11 Å². The van der Waals surface area contributed by atoms with Crippen molar-refractivity contribution in [1.82, 2.24) is 9.97 Å². The fraction of sp³-hybridized carbons (Fsp3) is 0.214. The number of ether oxygens (including phenoxy) is 1. The Hall–Kier alpha value is -2.07. The topological polar surface area (TPSA) is 58.1 Å². The summed E-state index contributed by atoms with van der Waals surface area (Å²) in [6.45, 7) is 1.72. The molecule has 2 N–H and O–H groups in total. The van der Waals surface area contributed by atoms with Gasteiger partial charge in [-0.25, -0.2) is 0 Å². The molecule has 3 rings (SSSR count). The van der Waals surface area contributed by atoms with Crippen LogP contribution in [0.4, 0.5) is 0 Å². The van der Waals surface area contributed by atoms with Crippen molar-refractivity contribution in [2.45, 2.75) is 13.0 Å². The van der Waals surface area contributed by atoms with Crippen molar-refractivity contribution in [1.29, 1.82) is 0 Å². The first-order valence-corrected chi connectivity index (χ1v) is 5.83. The summed E-state index contributed by atoms with van der Waals surface area (Å²) >= 11 is 0. The molecule has 1 aromatic carbocycles. The van der Waals surface area contributed by atoms with Crippen molar-refractivity contribution < 1.29 is 9.84 Å².